The van der Waals surface area contributed by atoms with E-state index in [1.54, 1.807) is 6.33 Å². The quantitative estimate of drug-likeness (QED) is 0.863. The number of hydrogen-bond acceptors (Lipinski definition) is 5. The molecule has 0 unspecified atom stereocenters. The highest BCUT2D eigenvalue weighted by molar-refractivity contribution is 7.91. The molecule has 1 N–H and O–H groups in total. The van der Waals surface area contributed by atoms with Gasteiger partial charge in [-0.1, -0.05) is 0 Å². The topological polar surface area (TPSA) is 93.9 Å². The van der Waals surface area contributed by atoms with Gasteiger partial charge in [0.25, 0.3) is 0 Å². The molecule has 2 heterocycles. The third kappa shape index (κ3) is 3.56. The van der Waals surface area contributed by atoms with Crippen LogP contribution in [0.5, 0.6) is 0 Å². The lowest BCUT2D eigenvalue weighted by Crippen LogP contribution is -2.36. The minimum Gasteiger partial charge on any atom is -0.349 e. The van der Waals surface area contributed by atoms with Gasteiger partial charge in [0, 0.05) is 12.0 Å². The van der Waals surface area contributed by atoms with E-state index >= 15 is 0 Å². The molecular formula is C12H20N4O3S. The summed E-state index contributed by atoms with van der Waals surface area (Å²) in [7, 11) is -2.93. The Bertz CT molecular complexity index is 565. The maximum atomic E-state index is 12.0. The second-order valence-electron chi connectivity index (χ2n) is 5.39. The molecule has 0 spiro atoms. The summed E-state index contributed by atoms with van der Waals surface area (Å²) in [4.78, 5) is 12.0. The summed E-state index contributed by atoms with van der Waals surface area (Å²) in [6.45, 7) is 4.35. The van der Waals surface area contributed by atoms with Crippen molar-refractivity contribution in [3.05, 3.63) is 12.2 Å². The molecule has 0 saturated carbocycles. The van der Waals surface area contributed by atoms with Crippen LogP contribution in [0.4, 0.5) is 0 Å². The summed E-state index contributed by atoms with van der Waals surface area (Å²) in [5.41, 5.74) is 0. The second kappa shape index (κ2) is 5.90. The second-order valence-corrected chi connectivity index (χ2v) is 7.70. The van der Waals surface area contributed by atoms with E-state index in [2.05, 4.69) is 15.5 Å². The number of hydrogen-bond donors (Lipinski definition) is 1. The van der Waals surface area contributed by atoms with Gasteiger partial charge in [0.2, 0.25) is 5.91 Å². The summed E-state index contributed by atoms with van der Waals surface area (Å²) >= 11 is 0. The van der Waals surface area contributed by atoms with Gasteiger partial charge in [-0.05, 0) is 26.7 Å². The number of nitrogens with zero attached hydrogens (tertiary/aromatic N) is 3. The van der Waals surface area contributed by atoms with Crippen LogP contribution in [0.15, 0.2) is 6.33 Å². The Morgan fingerprint density at radius 2 is 2.10 bits per heavy atom. The number of amides is 1. The largest absolute Gasteiger partial charge is 0.349 e. The van der Waals surface area contributed by atoms with Crippen molar-refractivity contribution in [3.8, 4) is 0 Å². The van der Waals surface area contributed by atoms with Crippen LogP contribution in [0.3, 0.4) is 0 Å². The zero-order valence-corrected chi connectivity index (χ0v) is 12.6. The van der Waals surface area contributed by atoms with E-state index in [0.29, 0.717) is 25.2 Å². The smallest absolute Gasteiger partial charge is 0.223 e. The molecule has 1 saturated heterocycles. The Balaban J connectivity index is 1.88. The molecule has 0 aromatic carbocycles. The number of sulfone groups is 1. The molecule has 1 aromatic heterocycles. The van der Waals surface area contributed by atoms with Crippen LogP contribution >= 0.6 is 0 Å². The van der Waals surface area contributed by atoms with Gasteiger partial charge in [-0.25, -0.2) is 8.42 Å². The van der Waals surface area contributed by atoms with Crippen LogP contribution in [-0.4, -0.2) is 40.6 Å². The van der Waals surface area contributed by atoms with Gasteiger partial charge in [0.15, 0.2) is 5.82 Å². The molecule has 1 fully saturated rings. The molecule has 0 atom stereocenters. The lowest BCUT2D eigenvalue weighted by atomic mass is 10.0. The minimum absolute atomic E-state index is 0.0989. The fourth-order valence-electron chi connectivity index (χ4n) is 2.29. The molecule has 7 nitrogen and oxygen atoms in total. The molecule has 0 bridgehead atoms. The lowest BCUT2D eigenvalue weighted by Gasteiger charge is -2.21. The molecule has 20 heavy (non-hydrogen) atoms. The number of nitrogens with one attached hydrogen (secondary N) is 1. The van der Waals surface area contributed by atoms with Gasteiger partial charge in [0.1, 0.15) is 16.2 Å². The van der Waals surface area contributed by atoms with Gasteiger partial charge < -0.3 is 9.88 Å². The molecule has 112 valence electrons. The zero-order valence-electron chi connectivity index (χ0n) is 11.7. The van der Waals surface area contributed by atoms with Crippen molar-refractivity contribution in [3.63, 3.8) is 0 Å². The Morgan fingerprint density at radius 1 is 1.45 bits per heavy atom. The molecule has 0 aliphatic carbocycles. The predicted octanol–water partition coefficient (Wildman–Crippen LogP) is 0.300. The van der Waals surface area contributed by atoms with E-state index < -0.39 is 9.84 Å². The number of aromatic nitrogens is 3. The highest BCUT2D eigenvalue weighted by Crippen LogP contribution is 2.19. The number of carbonyl (C=O) groups is 1. The standard InChI is InChI=1S/C12H20N4O3S/c1-9(2)16-8-14-15-11(16)7-13-12(17)10-3-5-20(18,19)6-4-10/h8-10H,3-7H2,1-2H3,(H,13,17). The van der Waals surface area contributed by atoms with Crippen molar-refractivity contribution >= 4 is 15.7 Å². The molecular weight excluding hydrogens is 280 g/mol. The summed E-state index contributed by atoms with van der Waals surface area (Å²) in [6.07, 6.45) is 2.45. The van der Waals surface area contributed by atoms with E-state index in [4.69, 9.17) is 0 Å². The van der Waals surface area contributed by atoms with Crippen molar-refractivity contribution < 1.29 is 13.2 Å². The van der Waals surface area contributed by atoms with Gasteiger partial charge in [-0.3, -0.25) is 4.79 Å². The van der Waals surface area contributed by atoms with Crippen LogP contribution in [0.1, 0.15) is 38.6 Å². The Hall–Kier alpha value is -1.44. The van der Waals surface area contributed by atoms with Gasteiger partial charge in [0.05, 0.1) is 18.1 Å². The third-order valence-corrected chi connectivity index (χ3v) is 5.27. The van der Waals surface area contributed by atoms with E-state index in [1.165, 1.54) is 0 Å². The average molecular weight is 300 g/mol. The fourth-order valence-corrected chi connectivity index (χ4v) is 3.78. The van der Waals surface area contributed by atoms with Crippen LogP contribution in [0, 0.1) is 5.92 Å². The van der Waals surface area contributed by atoms with Crippen LogP contribution in [0.25, 0.3) is 0 Å². The first-order chi connectivity index (χ1) is 9.39. The maximum Gasteiger partial charge on any atom is 0.223 e. The van der Waals surface area contributed by atoms with Crippen molar-refractivity contribution in [1.29, 1.82) is 0 Å². The lowest BCUT2D eigenvalue weighted by molar-refractivity contribution is -0.125. The molecule has 1 aliphatic heterocycles. The Labute approximate surface area is 118 Å². The Kier molecular flexibility index (Phi) is 4.42. The summed E-state index contributed by atoms with van der Waals surface area (Å²) in [6, 6.07) is 0.233. The Morgan fingerprint density at radius 3 is 2.70 bits per heavy atom. The third-order valence-electron chi connectivity index (χ3n) is 3.55. The highest BCUT2D eigenvalue weighted by atomic mass is 32.2. The van der Waals surface area contributed by atoms with E-state index in [1.807, 2.05) is 18.4 Å². The first-order valence-corrected chi connectivity index (χ1v) is 8.57. The fraction of sp³-hybridized carbons (Fsp3) is 0.750. The average Bonchev–Trinajstić information content (AvgIpc) is 2.84. The monoisotopic (exact) mass is 300 g/mol. The van der Waals surface area contributed by atoms with Gasteiger partial charge in [-0.15, -0.1) is 10.2 Å². The predicted molar refractivity (Wildman–Crippen MR) is 73.6 cm³/mol. The molecule has 1 aliphatic rings. The van der Waals surface area contributed by atoms with Gasteiger partial charge >= 0.3 is 0 Å². The van der Waals surface area contributed by atoms with E-state index in [-0.39, 0.29) is 29.4 Å². The van der Waals surface area contributed by atoms with Crippen molar-refractivity contribution in [2.45, 2.75) is 39.3 Å². The molecule has 1 amide bonds. The normalized spacial score (nSPS) is 19.1. The van der Waals surface area contributed by atoms with Gasteiger partial charge in [-0.2, -0.15) is 0 Å². The SMILES string of the molecule is CC(C)n1cnnc1CNC(=O)C1CCS(=O)(=O)CC1. The molecule has 1 aromatic rings. The first kappa shape index (κ1) is 15.0. The van der Waals surface area contributed by atoms with E-state index in [0.717, 1.165) is 0 Å². The zero-order chi connectivity index (χ0) is 14.8. The van der Waals surface area contributed by atoms with E-state index in [9.17, 15) is 13.2 Å². The molecule has 8 heteroatoms. The van der Waals surface area contributed by atoms with Crippen LogP contribution < -0.4 is 5.32 Å². The van der Waals surface area contributed by atoms with Crippen molar-refractivity contribution in [2.75, 3.05) is 11.5 Å². The minimum atomic E-state index is -2.93. The van der Waals surface area contributed by atoms with Crippen molar-refractivity contribution in [2.24, 2.45) is 5.92 Å². The maximum absolute atomic E-state index is 12.0. The van der Waals surface area contributed by atoms with Crippen LogP contribution in [-0.2, 0) is 21.2 Å². The number of carbonyl (C=O) groups excluding carboxylic acids is 1. The number of rotatable bonds is 4. The van der Waals surface area contributed by atoms with Crippen molar-refractivity contribution in [1.82, 2.24) is 20.1 Å². The molecule has 2 rings (SSSR count). The highest BCUT2D eigenvalue weighted by Gasteiger charge is 2.28. The molecule has 0 radical (unpaired) electrons. The summed E-state index contributed by atoms with van der Waals surface area (Å²) in [5, 5.41) is 10.6. The summed E-state index contributed by atoms with van der Waals surface area (Å²) < 4.78 is 24.6. The summed E-state index contributed by atoms with van der Waals surface area (Å²) in [5.74, 6) is 0.601. The first-order valence-electron chi connectivity index (χ1n) is 6.75. The van der Waals surface area contributed by atoms with Crippen LogP contribution in [0.2, 0.25) is 0 Å².